The number of ether oxygens (including phenoxy) is 1. The lowest BCUT2D eigenvalue weighted by atomic mass is 9.90. The maximum absolute atomic E-state index is 13.3. The second kappa shape index (κ2) is 11.6. The zero-order chi connectivity index (χ0) is 22.9. The SMILES string of the molecule is COc1ccc(CCC2CCN(CC(=O)N(CCC(N)=O)c3ccc(F)cc3)CC2)cc1. The predicted octanol–water partition coefficient (Wildman–Crippen LogP) is 3.39. The Labute approximate surface area is 189 Å². The lowest BCUT2D eigenvalue weighted by Crippen LogP contribution is -2.44. The third kappa shape index (κ3) is 7.05. The van der Waals surface area contributed by atoms with Gasteiger partial charge in [-0.15, -0.1) is 0 Å². The van der Waals surface area contributed by atoms with Crippen molar-refractivity contribution in [2.75, 3.05) is 38.2 Å². The van der Waals surface area contributed by atoms with E-state index in [1.54, 1.807) is 19.2 Å². The number of likely N-dealkylation sites (tertiary alicyclic amines) is 1. The Hall–Kier alpha value is -2.93. The van der Waals surface area contributed by atoms with Gasteiger partial charge in [0.15, 0.2) is 0 Å². The van der Waals surface area contributed by atoms with Gasteiger partial charge in [-0.05, 0) is 86.7 Å². The Kier molecular flexibility index (Phi) is 8.62. The molecule has 0 spiro atoms. The topological polar surface area (TPSA) is 75.9 Å². The van der Waals surface area contributed by atoms with Crippen molar-refractivity contribution in [2.45, 2.75) is 32.1 Å². The lowest BCUT2D eigenvalue weighted by Gasteiger charge is -2.33. The van der Waals surface area contributed by atoms with E-state index in [2.05, 4.69) is 17.0 Å². The fourth-order valence-electron chi connectivity index (χ4n) is 4.11. The highest BCUT2D eigenvalue weighted by Gasteiger charge is 2.24. The van der Waals surface area contributed by atoms with Gasteiger partial charge in [0, 0.05) is 18.7 Å². The molecule has 0 unspecified atom stereocenters. The van der Waals surface area contributed by atoms with Crippen LogP contribution < -0.4 is 15.4 Å². The van der Waals surface area contributed by atoms with Crippen LogP contribution in [-0.2, 0) is 16.0 Å². The molecule has 1 aliphatic rings. The number of rotatable bonds is 10. The first-order chi connectivity index (χ1) is 15.4. The average Bonchev–Trinajstić information content (AvgIpc) is 2.80. The van der Waals surface area contributed by atoms with Crippen LogP contribution in [0, 0.1) is 11.7 Å². The van der Waals surface area contributed by atoms with E-state index in [-0.39, 0.29) is 31.2 Å². The molecule has 6 nitrogen and oxygen atoms in total. The number of carbonyl (C=O) groups is 2. The van der Waals surface area contributed by atoms with Gasteiger partial charge >= 0.3 is 0 Å². The van der Waals surface area contributed by atoms with E-state index in [0.717, 1.165) is 44.5 Å². The number of amides is 2. The van der Waals surface area contributed by atoms with Gasteiger partial charge in [0.2, 0.25) is 11.8 Å². The minimum Gasteiger partial charge on any atom is -0.497 e. The van der Waals surface area contributed by atoms with Crippen molar-refractivity contribution < 1.29 is 18.7 Å². The van der Waals surface area contributed by atoms with Gasteiger partial charge in [-0.3, -0.25) is 14.5 Å². The molecule has 1 fully saturated rings. The summed E-state index contributed by atoms with van der Waals surface area (Å²) in [6, 6.07) is 14.0. The smallest absolute Gasteiger partial charge is 0.241 e. The molecule has 3 rings (SSSR count). The van der Waals surface area contributed by atoms with E-state index in [1.165, 1.54) is 22.6 Å². The minimum absolute atomic E-state index is 0.0660. The van der Waals surface area contributed by atoms with E-state index < -0.39 is 5.91 Å². The quantitative estimate of drug-likeness (QED) is 0.613. The van der Waals surface area contributed by atoms with Crippen LogP contribution in [-0.4, -0.2) is 50.0 Å². The molecule has 1 saturated heterocycles. The number of aryl methyl sites for hydroxylation is 1. The molecule has 0 saturated carbocycles. The molecule has 1 aliphatic heterocycles. The summed E-state index contributed by atoms with van der Waals surface area (Å²) in [6.45, 7) is 2.21. The molecule has 2 aromatic carbocycles. The zero-order valence-corrected chi connectivity index (χ0v) is 18.6. The van der Waals surface area contributed by atoms with Crippen molar-refractivity contribution in [3.8, 4) is 5.75 Å². The number of benzene rings is 2. The number of anilines is 1. The minimum atomic E-state index is -0.470. The van der Waals surface area contributed by atoms with Gasteiger partial charge in [-0.1, -0.05) is 12.1 Å². The molecule has 1 heterocycles. The van der Waals surface area contributed by atoms with Crippen molar-refractivity contribution in [1.82, 2.24) is 4.90 Å². The highest BCUT2D eigenvalue weighted by Crippen LogP contribution is 2.24. The van der Waals surface area contributed by atoms with Crippen LogP contribution in [0.4, 0.5) is 10.1 Å². The molecule has 7 heteroatoms. The summed E-state index contributed by atoms with van der Waals surface area (Å²) in [5.41, 5.74) is 7.16. The Morgan fingerprint density at radius 2 is 1.75 bits per heavy atom. The molecule has 0 radical (unpaired) electrons. The molecule has 32 heavy (non-hydrogen) atoms. The Morgan fingerprint density at radius 3 is 2.34 bits per heavy atom. The first kappa shape index (κ1) is 23.7. The second-order valence-electron chi connectivity index (χ2n) is 8.34. The molecule has 2 N–H and O–H groups in total. The monoisotopic (exact) mass is 441 g/mol. The number of hydrogen-bond donors (Lipinski definition) is 1. The van der Waals surface area contributed by atoms with Gasteiger partial charge in [0.25, 0.3) is 0 Å². The lowest BCUT2D eigenvalue weighted by molar-refractivity contribution is -0.120. The van der Waals surface area contributed by atoms with E-state index >= 15 is 0 Å². The highest BCUT2D eigenvalue weighted by atomic mass is 19.1. The highest BCUT2D eigenvalue weighted by molar-refractivity contribution is 5.95. The standard InChI is InChI=1S/C25H32FN3O3/c1-32-23-10-4-19(5-11-23)2-3-20-12-15-28(16-13-20)18-25(31)29(17-14-24(27)30)22-8-6-21(26)7-9-22/h4-11,20H,2-3,12-18H2,1H3,(H2,27,30). The number of primary amides is 1. The number of carbonyl (C=O) groups excluding carboxylic acids is 2. The molecule has 2 amide bonds. The van der Waals surface area contributed by atoms with Crippen molar-refractivity contribution in [3.63, 3.8) is 0 Å². The van der Waals surface area contributed by atoms with E-state index in [4.69, 9.17) is 10.5 Å². The third-order valence-corrected chi connectivity index (χ3v) is 6.09. The Morgan fingerprint density at radius 1 is 1.09 bits per heavy atom. The van der Waals surface area contributed by atoms with Crippen LogP contribution in [0.5, 0.6) is 5.75 Å². The summed E-state index contributed by atoms with van der Waals surface area (Å²) < 4.78 is 18.5. The summed E-state index contributed by atoms with van der Waals surface area (Å²) in [4.78, 5) is 27.9. The van der Waals surface area contributed by atoms with Crippen LogP contribution in [0.3, 0.4) is 0 Å². The number of methoxy groups -OCH3 is 1. The summed E-state index contributed by atoms with van der Waals surface area (Å²) in [5, 5.41) is 0. The third-order valence-electron chi connectivity index (χ3n) is 6.09. The molecule has 0 aromatic heterocycles. The van der Waals surface area contributed by atoms with Crippen LogP contribution >= 0.6 is 0 Å². The van der Waals surface area contributed by atoms with Crippen LogP contribution in [0.1, 0.15) is 31.2 Å². The summed E-state index contributed by atoms with van der Waals surface area (Å²) in [5.74, 6) is 0.577. The summed E-state index contributed by atoms with van der Waals surface area (Å²) in [6.07, 6.45) is 4.35. The average molecular weight is 442 g/mol. The van der Waals surface area contributed by atoms with Gasteiger partial charge in [-0.2, -0.15) is 0 Å². The number of piperidine rings is 1. The van der Waals surface area contributed by atoms with Crippen molar-refractivity contribution >= 4 is 17.5 Å². The van der Waals surface area contributed by atoms with E-state index in [1.807, 2.05) is 12.1 Å². The number of nitrogens with two attached hydrogens (primary N) is 1. The predicted molar refractivity (Wildman–Crippen MR) is 123 cm³/mol. The molecular weight excluding hydrogens is 409 g/mol. The molecule has 2 aromatic rings. The van der Waals surface area contributed by atoms with Crippen molar-refractivity contribution in [1.29, 1.82) is 0 Å². The maximum Gasteiger partial charge on any atom is 0.241 e. The molecule has 0 aliphatic carbocycles. The Balaban J connectivity index is 1.48. The van der Waals surface area contributed by atoms with Crippen LogP contribution in [0.2, 0.25) is 0 Å². The Bertz CT molecular complexity index is 878. The fourth-order valence-corrected chi connectivity index (χ4v) is 4.11. The van der Waals surface area contributed by atoms with Gasteiger partial charge in [0.05, 0.1) is 13.7 Å². The second-order valence-corrected chi connectivity index (χ2v) is 8.34. The van der Waals surface area contributed by atoms with Gasteiger partial charge in [0.1, 0.15) is 11.6 Å². The van der Waals surface area contributed by atoms with Crippen molar-refractivity contribution in [3.05, 3.63) is 59.9 Å². The largest absolute Gasteiger partial charge is 0.497 e. The molecule has 0 bridgehead atoms. The molecule has 172 valence electrons. The zero-order valence-electron chi connectivity index (χ0n) is 18.6. The normalized spacial score (nSPS) is 14.8. The van der Waals surface area contributed by atoms with Crippen molar-refractivity contribution in [2.24, 2.45) is 11.7 Å². The van der Waals surface area contributed by atoms with Gasteiger partial charge < -0.3 is 15.4 Å². The summed E-state index contributed by atoms with van der Waals surface area (Å²) >= 11 is 0. The first-order valence-electron chi connectivity index (χ1n) is 11.1. The van der Waals surface area contributed by atoms with Crippen LogP contribution in [0.15, 0.2) is 48.5 Å². The molecule has 0 atom stereocenters. The van der Waals surface area contributed by atoms with E-state index in [9.17, 15) is 14.0 Å². The van der Waals surface area contributed by atoms with Crippen LogP contribution in [0.25, 0.3) is 0 Å². The number of nitrogens with zero attached hydrogens (tertiary/aromatic N) is 2. The first-order valence-corrected chi connectivity index (χ1v) is 11.1. The summed E-state index contributed by atoms with van der Waals surface area (Å²) in [7, 11) is 1.67. The molecular formula is C25H32FN3O3. The number of hydrogen-bond acceptors (Lipinski definition) is 4. The van der Waals surface area contributed by atoms with E-state index in [0.29, 0.717) is 11.6 Å². The number of halogens is 1. The maximum atomic E-state index is 13.3. The van der Waals surface area contributed by atoms with Gasteiger partial charge in [-0.25, -0.2) is 4.39 Å². The fraction of sp³-hybridized carbons (Fsp3) is 0.440.